The van der Waals surface area contributed by atoms with Gasteiger partial charge in [0.1, 0.15) is 0 Å². The monoisotopic (exact) mass is 278 g/mol. The average Bonchev–Trinajstić information content (AvgIpc) is 2.29. The number of unbranched alkanes of at least 4 members (excludes halogenated alkanes) is 2. The van der Waals surface area contributed by atoms with Crippen molar-refractivity contribution < 1.29 is 19.2 Å². The van der Waals surface area contributed by atoms with Gasteiger partial charge in [-0.25, -0.2) is 0 Å². The highest BCUT2D eigenvalue weighted by atomic mass is 32.1. The lowest BCUT2D eigenvalue weighted by molar-refractivity contribution is -0.134. The van der Waals surface area contributed by atoms with Crippen LogP contribution in [0.2, 0.25) is 6.32 Å². The van der Waals surface area contributed by atoms with E-state index in [4.69, 9.17) is 19.2 Å². The molecule has 0 heterocycles. The summed E-state index contributed by atoms with van der Waals surface area (Å²) >= 11 is 4.19. The third kappa shape index (κ3) is 21.1. The minimum absolute atomic E-state index is 0.0365. The van der Waals surface area contributed by atoms with Gasteiger partial charge in [0, 0.05) is 20.1 Å². The largest absolute Gasteiger partial charge is 0.481 e. The first-order chi connectivity index (χ1) is 8.58. The second-order valence-corrected chi connectivity index (χ2v) is 4.36. The van der Waals surface area contributed by atoms with Crippen LogP contribution in [0.25, 0.3) is 0 Å². The number of hydrogen-bond donors (Lipinski definition) is 2. The van der Waals surface area contributed by atoms with Crippen molar-refractivity contribution in [2.24, 2.45) is 0 Å². The molecule has 0 fully saturated rings. The SMILES string of the molecule is CC(=O)O.CCCCOB(CCS)OCCCC. The normalized spacial score (nSPS) is 9.56. The van der Waals surface area contributed by atoms with Crippen molar-refractivity contribution in [1.82, 2.24) is 0 Å². The van der Waals surface area contributed by atoms with Gasteiger partial charge in [-0.15, -0.1) is 0 Å². The zero-order valence-corrected chi connectivity index (χ0v) is 12.7. The van der Waals surface area contributed by atoms with Gasteiger partial charge in [0.15, 0.2) is 0 Å². The molecule has 0 spiro atoms. The van der Waals surface area contributed by atoms with Crippen LogP contribution in [0.1, 0.15) is 46.5 Å². The number of carboxylic acids is 1. The van der Waals surface area contributed by atoms with Crippen LogP contribution >= 0.6 is 12.6 Å². The third-order valence-electron chi connectivity index (χ3n) is 1.97. The molecule has 0 unspecified atom stereocenters. The quantitative estimate of drug-likeness (QED) is 0.366. The van der Waals surface area contributed by atoms with Crippen molar-refractivity contribution in [3.8, 4) is 0 Å². The zero-order chi connectivity index (χ0) is 14.2. The molecule has 0 aliphatic heterocycles. The smallest absolute Gasteiger partial charge is 0.457 e. The molecule has 0 bridgehead atoms. The summed E-state index contributed by atoms with van der Waals surface area (Å²) in [5.41, 5.74) is 0. The molecule has 18 heavy (non-hydrogen) atoms. The van der Waals surface area contributed by atoms with E-state index in [1.165, 1.54) is 12.8 Å². The Hall–Kier alpha value is -0.195. The molecule has 0 aliphatic carbocycles. The van der Waals surface area contributed by atoms with Crippen LogP contribution in [0.4, 0.5) is 0 Å². The fraction of sp³-hybridized carbons (Fsp3) is 0.917. The van der Waals surface area contributed by atoms with Crippen molar-refractivity contribution in [2.45, 2.75) is 52.8 Å². The van der Waals surface area contributed by atoms with Gasteiger partial charge >= 0.3 is 7.12 Å². The summed E-state index contributed by atoms with van der Waals surface area (Å²) in [5, 5.41) is 7.42. The number of rotatable bonds is 10. The van der Waals surface area contributed by atoms with Crippen molar-refractivity contribution in [3.05, 3.63) is 0 Å². The van der Waals surface area contributed by atoms with E-state index in [2.05, 4.69) is 26.5 Å². The van der Waals surface area contributed by atoms with E-state index in [1.54, 1.807) is 0 Å². The summed E-state index contributed by atoms with van der Waals surface area (Å²) in [6, 6.07) is 0. The van der Waals surface area contributed by atoms with Gasteiger partial charge in [0.05, 0.1) is 0 Å². The van der Waals surface area contributed by atoms with Crippen LogP contribution in [0.15, 0.2) is 0 Å². The number of aliphatic carboxylic acids is 1. The first-order valence-electron chi connectivity index (χ1n) is 6.62. The Balaban J connectivity index is 0. The molecule has 0 saturated carbocycles. The Morgan fingerprint density at radius 3 is 1.83 bits per heavy atom. The van der Waals surface area contributed by atoms with E-state index in [0.717, 1.165) is 45.1 Å². The molecule has 108 valence electrons. The van der Waals surface area contributed by atoms with E-state index >= 15 is 0 Å². The number of thiol groups is 1. The van der Waals surface area contributed by atoms with E-state index in [0.29, 0.717) is 0 Å². The lowest BCUT2D eigenvalue weighted by atomic mass is 9.85. The molecule has 0 amide bonds. The second-order valence-electron chi connectivity index (χ2n) is 3.91. The predicted octanol–water partition coefficient (Wildman–Crippen LogP) is 3.13. The molecule has 0 rings (SSSR count). The van der Waals surface area contributed by atoms with Crippen LogP contribution in [0.3, 0.4) is 0 Å². The molecule has 1 N–H and O–H groups in total. The van der Waals surface area contributed by atoms with Crippen molar-refractivity contribution in [3.63, 3.8) is 0 Å². The average molecular weight is 278 g/mol. The standard InChI is InChI=1S/C10H23BO2S.C2H4O2/c1-3-5-8-12-11(7-10-14)13-9-6-4-2;1-2(3)4/h14H,3-10H2,1-2H3;1H3,(H,3,4). The first-order valence-corrected chi connectivity index (χ1v) is 7.25. The van der Waals surface area contributed by atoms with E-state index in [9.17, 15) is 0 Å². The number of hydrogen-bond acceptors (Lipinski definition) is 4. The molecular weight excluding hydrogens is 251 g/mol. The van der Waals surface area contributed by atoms with E-state index in [1.807, 2.05) is 0 Å². The minimum Gasteiger partial charge on any atom is -0.481 e. The van der Waals surface area contributed by atoms with Crippen molar-refractivity contribution in [2.75, 3.05) is 19.0 Å². The molecule has 0 aromatic carbocycles. The minimum atomic E-state index is -0.833. The Morgan fingerprint density at radius 2 is 1.56 bits per heavy atom. The number of carboxylic acid groups (broad SMARTS) is 1. The van der Waals surface area contributed by atoms with E-state index in [-0.39, 0.29) is 7.12 Å². The summed E-state index contributed by atoms with van der Waals surface area (Å²) in [6.45, 7) is 7.02. The highest BCUT2D eigenvalue weighted by Crippen LogP contribution is 2.02. The lowest BCUT2D eigenvalue weighted by Crippen LogP contribution is -2.24. The fourth-order valence-corrected chi connectivity index (χ4v) is 1.25. The third-order valence-corrected chi connectivity index (χ3v) is 2.23. The topological polar surface area (TPSA) is 55.8 Å². The summed E-state index contributed by atoms with van der Waals surface area (Å²) in [6.07, 6.45) is 5.45. The van der Waals surface area contributed by atoms with Crippen molar-refractivity contribution >= 4 is 25.7 Å². The molecule has 6 heteroatoms. The van der Waals surface area contributed by atoms with Crippen LogP contribution in [0, 0.1) is 0 Å². The van der Waals surface area contributed by atoms with Gasteiger partial charge in [-0.1, -0.05) is 26.7 Å². The maximum absolute atomic E-state index is 9.00. The van der Waals surface area contributed by atoms with Gasteiger partial charge in [0.25, 0.3) is 5.97 Å². The van der Waals surface area contributed by atoms with Gasteiger partial charge in [-0.3, -0.25) is 4.79 Å². The molecule has 0 aliphatic rings. The number of carbonyl (C=O) groups is 1. The molecule has 0 saturated heterocycles. The summed E-state index contributed by atoms with van der Waals surface area (Å²) in [7, 11) is -0.0365. The highest BCUT2D eigenvalue weighted by molar-refractivity contribution is 7.80. The van der Waals surface area contributed by atoms with Crippen LogP contribution < -0.4 is 0 Å². The first kappa shape index (κ1) is 20.1. The molecule has 0 aromatic heterocycles. The van der Waals surface area contributed by atoms with Crippen molar-refractivity contribution in [1.29, 1.82) is 0 Å². The predicted molar refractivity (Wildman–Crippen MR) is 79.4 cm³/mol. The summed E-state index contributed by atoms with van der Waals surface area (Å²) in [4.78, 5) is 9.00. The molecular formula is C12H27BO4S. The lowest BCUT2D eigenvalue weighted by Gasteiger charge is -2.13. The zero-order valence-electron chi connectivity index (χ0n) is 11.9. The molecule has 0 aromatic rings. The molecule has 4 nitrogen and oxygen atoms in total. The van der Waals surface area contributed by atoms with Gasteiger partial charge in [-0.05, 0) is 24.9 Å². The molecule has 0 atom stereocenters. The van der Waals surface area contributed by atoms with Gasteiger partial charge in [-0.2, -0.15) is 12.6 Å². The Kier molecular flexibility index (Phi) is 18.8. The van der Waals surface area contributed by atoms with Gasteiger partial charge < -0.3 is 14.4 Å². The van der Waals surface area contributed by atoms with Crippen LogP contribution in [-0.2, 0) is 14.1 Å². The highest BCUT2D eigenvalue weighted by Gasteiger charge is 2.15. The Labute approximate surface area is 117 Å². The molecule has 0 radical (unpaired) electrons. The summed E-state index contributed by atoms with van der Waals surface area (Å²) in [5.74, 6) is -0.0110. The summed E-state index contributed by atoms with van der Waals surface area (Å²) < 4.78 is 11.2. The van der Waals surface area contributed by atoms with E-state index < -0.39 is 5.97 Å². The fourth-order valence-electron chi connectivity index (χ4n) is 1.04. The Bertz CT molecular complexity index is 167. The Morgan fingerprint density at radius 1 is 1.17 bits per heavy atom. The van der Waals surface area contributed by atoms with Crippen LogP contribution in [0.5, 0.6) is 0 Å². The maximum Gasteiger partial charge on any atom is 0.457 e. The van der Waals surface area contributed by atoms with Gasteiger partial charge in [0.2, 0.25) is 0 Å². The van der Waals surface area contributed by atoms with Crippen LogP contribution in [-0.4, -0.2) is 37.2 Å². The maximum atomic E-state index is 9.00. The second kappa shape index (κ2) is 16.8.